The van der Waals surface area contributed by atoms with Gasteiger partial charge in [0, 0.05) is 18.7 Å². The maximum atomic E-state index is 13.6. The van der Waals surface area contributed by atoms with E-state index in [2.05, 4.69) is 10.6 Å². The average Bonchev–Trinajstić information content (AvgIpc) is 2.46. The minimum atomic E-state index is -0.551. The van der Waals surface area contributed by atoms with E-state index >= 15 is 0 Å². The van der Waals surface area contributed by atoms with Gasteiger partial charge in [0.2, 0.25) is 5.91 Å². The molecule has 3 amide bonds. The highest BCUT2D eigenvalue weighted by Gasteiger charge is 2.20. The average molecular weight is 309 g/mol. The molecule has 0 fully saturated rings. The summed E-state index contributed by atoms with van der Waals surface area (Å²) < 4.78 is 13.6. The van der Waals surface area contributed by atoms with Crippen LogP contribution >= 0.6 is 0 Å². The minimum absolute atomic E-state index is 0.287. The quantitative estimate of drug-likeness (QED) is 0.846. The molecular weight excluding hydrogens is 285 g/mol. The van der Waals surface area contributed by atoms with Gasteiger partial charge in [-0.15, -0.1) is 0 Å². The molecule has 0 heterocycles. The van der Waals surface area contributed by atoms with Gasteiger partial charge in [0.1, 0.15) is 5.82 Å². The second-order valence-electron chi connectivity index (χ2n) is 5.78. The van der Waals surface area contributed by atoms with Crippen LogP contribution in [0.5, 0.6) is 0 Å². The number of benzene rings is 1. The monoisotopic (exact) mass is 309 g/mol. The fourth-order valence-electron chi connectivity index (χ4n) is 1.79. The van der Waals surface area contributed by atoms with Crippen LogP contribution in [0, 0.1) is 11.7 Å². The molecule has 1 aromatic rings. The highest BCUT2D eigenvalue weighted by Crippen LogP contribution is 2.10. The summed E-state index contributed by atoms with van der Waals surface area (Å²) in [5.74, 6) is -0.418. The lowest BCUT2D eigenvalue weighted by Crippen LogP contribution is -2.48. The molecule has 0 saturated carbocycles. The van der Waals surface area contributed by atoms with Crippen LogP contribution in [0.1, 0.15) is 26.3 Å². The summed E-state index contributed by atoms with van der Waals surface area (Å²) in [5.41, 5.74) is 0.508. The van der Waals surface area contributed by atoms with Crippen LogP contribution in [0.3, 0.4) is 0 Å². The first-order valence-electron chi connectivity index (χ1n) is 7.33. The molecule has 0 radical (unpaired) electrons. The van der Waals surface area contributed by atoms with Crippen LogP contribution in [0.4, 0.5) is 9.18 Å². The molecule has 122 valence electrons. The summed E-state index contributed by atoms with van der Waals surface area (Å²) >= 11 is 0. The standard InChI is InChI=1S/C16H24FN3O2/c1-11(2)9-18-16(22)19-15(21)12(3)20(4)10-13-7-5-6-8-14(13)17/h5-8,11-12H,9-10H2,1-4H3,(H2,18,19,21,22). The molecule has 2 N–H and O–H groups in total. The first-order valence-corrected chi connectivity index (χ1v) is 7.33. The first-order chi connectivity index (χ1) is 10.3. The van der Waals surface area contributed by atoms with Crippen LogP contribution in [0.25, 0.3) is 0 Å². The fourth-order valence-corrected chi connectivity index (χ4v) is 1.79. The van der Waals surface area contributed by atoms with Crippen molar-refractivity contribution in [3.05, 3.63) is 35.6 Å². The van der Waals surface area contributed by atoms with Crippen LogP contribution in [0.2, 0.25) is 0 Å². The third kappa shape index (κ3) is 5.81. The van der Waals surface area contributed by atoms with Crippen molar-refractivity contribution in [3.8, 4) is 0 Å². The van der Waals surface area contributed by atoms with Crippen molar-refractivity contribution in [3.63, 3.8) is 0 Å². The number of nitrogens with one attached hydrogen (secondary N) is 2. The molecule has 0 aliphatic rings. The number of carbonyl (C=O) groups is 2. The lowest BCUT2D eigenvalue weighted by molar-refractivity contribution is -0.124. The summed E-state index contributed by atoms with van der Waals surface area (Å²) in [6.07, 6.45) is 0. The second kappa shape index (κ2) is 8.48. The molecule has 0 aromatic heterocycles. The van der Waals surface area contributed by atoms with E-state index in [-0.39, 0.29) is 12.4 Å². The van der Waals surface area contributed by atoms with Crippen molar-refractivity contribution in [2.45, 2.75) is 33.4 Å². The Morgan fingerprint density at radius 3 is 2.45 bits per heavy atom. The highest BCUT2D eigenvalue weighted by molar-refractivity contribution is 5.96. The second-order valence-corrected chi connectivity index (χ2v) is 5.78. The van der Waals surface area contributed by atoms with Crippen molar-refractivity contribution < 1.29 is 14.0 Å². The van der Waals surface area contributed by atoms with Gasteiger partial charge in [-0.25, -0.2) is 9.18 Å². The molecule has 0 spiro atoms. The lowest BCUT2D eigenvalue weighted by atomic mass is 10.1. The molecule has 1 unspecified atom stereocenters. The van der Waals surface area contributed by atoms with E-state index in [1.165, 1.54) is 6.07 Å². The molecule has 0 saturated heterocycles. The highest BCUT2D eigenvalue weighted by atomic mass is 19.1. The van der Waals surface area contributed by atoms with Gasteiger partial charge in [-0.2, -0.15) is 0 Å². The topological polar surface area (TPSA) is 61.4 Å². The third-order valence-corrected chi connectivity index (χ3v) is 3.33. The zero-order valence-corrected chi connectivity index (χ0v) is 13.5. The van der Waals surface area contributed by atoms with Gasteiger partial charge in [-0.3, -0.25) is 15.0 Å². The molecule has 0 aliphatic carbocycles. The number of amides is 3. The van der Waals surface area contributed by atoms with Gasteiger partial charge in [-0.1, -0.05) is 32.0 Å². The van der Waals surface area contributed by atoms with Gasteiger partial charge in [0.05, 0.1) is 6.04 Å². The number of halogens is 1. The van der Waals surface area contributed by atoms with Crippen LogP contribution in [-0.2, 0) is 11.3 Å². The molecule has 0 aliphatic heterocycles. The molecular formula is C16H24FN3O2. The number of imide groups is 1. The number of hydrogen-bond acceptors (Lipinski definition) is 3. The van der Waals surface area contributed by atoms with E-state index < -0.39 is 18.0 Å². The Kier molecular flexibility index (Phi) is 6.98. The summed E-state index contributed by atoms with van der Waals surface area (Å²) in [7, 11) is 1.71. The van der Waals surface area contributed by atoms with Crippen LogP contribution in [0.15, 0.2) is 24.3 Å². The number of rotatable bonds is 6. The normalized spacial score (nSPS) is 12.3. The maximum Gasteiger partial charge on any atom is 0.321 e. The van der Waals surface area contributed by atoms with Gasteiger partial charge >= 0.3 is 6.03 Å². The summed E-state index contributed by atoms with van der Waals surface area (Å²) in [6, 6.07) is 5.36. The summed E-state index contributed by atoms with van der Waals surface area (Å²) in [6.45, 7) is 6.39. The van der Waals surface area contributed by atoms with Crippen molar-refractivity contribution in [2.75, 3.05) is 13.6 Å². The SMILES string of the molecule is CC(C)CNC(=O)NC(=O)C(C)N(C)Cc1ccccc1F. The Morgan fingerprint density at radius 1 is 1.23 bits per heavy atom. The molecule has 5 nitrogen and oxygen atoms in total. The summed E-state index contributed by atoms with van der Waals surface area (Å²) in [4.78, 5) is 25.3. The predicted octanol–water partition coefficient (Wildman–Crippen LogP) is 2.13. The first kappa shape index (κ1) is 18.1. The fraction of sp³-hybridized carbons (Fsp3) is 0.500. The largest absolute Gasteiger partial charge is 0.338 e. The van der Waals surface area contributed by atoms with Crippen molar-refractivity contribution in [2.24, 2.45) is 5.92 Å². The number of hydrogen-bond donors (Lipinski definition) is 2. The van der Waals surface area contributed by atoms with Crippen LogP contribution < -0.4 is 10.6 Å². The van der Waals surface area contributed by atoms with E-state index in [0.29, 0.717) is 18.0 Å². The van der Waals surface area contributed by atoms with E-state index in [1.54, 1.807) is 37.1 Å². The number of urea groups is 1. The predicted molar refractivity (Wildman–Crippen MR) is 83.7 cm³/mol. The minimum Gasteiger partial charge on any atom is -0.338 e. The van der Waals surface area contributed by atoms with E-state index in [9.17, 15) is 14.0 Å². The Bertz CT molecular complexity index is 520. The maximum absolute atomic E-state index is 13.6. The van der Waals surface area contributed by atoms with Crippen molar-refractivity contribution in [1.29, 1.82) is 0 Å². The number of likely N-dealkylation sites (N-methyl/N-ethyl adjacent to an activating group) is 1. The molecule has 22 heavy (non-hydrogen) atoms. The van der Waals surface area contributed by atoms with Gasteiger partial charge in [0.25, 0.3) is 0 Å². The number of nitrogens with zero attached hydrogens (tertiary/aromatic N) is 1. The van der Waals surface area contributed by atoms with Gasteiger partial charge < -0.3 is 5.32 Å². The summed E-state index contributed by atoms with van der Waals surface area (Å²) in [5, 5.41) is 4.91. The van der Waals surface area contributed by atoms with Gasteiger partial charge in [-0.05, 0) is 26.0 Å². The van der Waals surface area contributed by atoms with Crippen LogP contribution in [-0.4, -0.2) is 36.5 Å². The van der Waals surface area contributed by atoms with E-state index in [1.807, 2.05) is 13.8 Å². The Hall–Kier alpha value is -1.95. The Balaban J connectivity index is 2.52. The van der Waals surface area contributed by atoms with Crippen molar-refractivity contribution in [1.82, 2.24) is 15.5 Å². The molecule has 1 rings (SSSR count). The third-order valence-electron chi connectivity index (χ3n) is 3.33. The lowest BCUT2D eigenvalue weighted by Gasteiger charge is -2.23. The Labute approximate surface area is 130 Å². The van der Waals surface area contributed by atoms with E-state index in [4.69, 9.17) is 0 Å². The number of carbonyl (C=O) groups excluding carboxylic acids is 2. The van der Waals surface area contributed by atoms with Gasteiger partial charge in [0.15, 0.2) is 0 Å². The van der Waals surface area contributed by atoms with E-state index in [0.717, 1.165) is 0 Å². The molecule has 1 atom stereocenters. The Morgan fingerprint density at radius 2 is 1.86 bits per heavy atom. The molecule has 0 bridgehead atoms. The smallest absolute Gasteiger partial charge is 0.321 e. The molecule has 1 aromatic carbocycles. The zero-order chi connectivity index (χ0) is 16.7. The molecule has 6 heteroatoms. The zero-order valence-electron chi connectivity index (χ0n) is 13.5. The van der Waals surface area contributed by atoms with Crippen molar-refractivity contribution >= 4 is 11.9 Å².